The molecule has 1 atom stereocenters. The van der Waals surface area contributed by atoms with Crippen molar-refractivity contribution in [2.24, 2.45) is 0 Å². The SMILES string of the molecule is CNC(Cc1ccc(Br)cn1)Cc1cc(C)ccc1C. The van der Waals surface area contributed by atoms with E-state index >= 15 is 0 Å². The van der Waals surface area contributed by atoms with Gasteiger partial charge >= 0.3 is 0 Å². The van der Waals surface area contributed by atoms with E-state index in [1.54, 1.807) is 0 Å². The van der Waals surface area contributed by atoms with Crippen LogP contribution in [0.5, 0.6) is 0 Å². The maximum Gasteiger partial charge on any atom is 0.0420 e. The molecule has 3 heteroatoms. The van der Waals surface area contributed by atoms with E-state index < -0.39 is 0 Å². The molecule has 1 heterocycles. The number of hydrogen-bond donors (Lipinski definition) is 1. The molecule has 2 aromatic rings. The topological polar surface area (TPSA) is 24.9 Å². The third-order valence-corrected chi connectivity index (χ3v) is 4.09. The van der Waals surface area contributed by atoms with Crippen LogP contribution >= 0.6 is 15.9 Å². The van der Waals surface area contributed by atoms with Gasteiger partial charge in [0.1, 0.15) is 0 Å². The van der Waals surface area contributed by atoms with Gasteiger partial charge in [-0.15, -0.1) is 0 Å². The number of nitrogens with zero attached hydrogens (tertiary/aromatic N) is 1. The van der Waals surface area contributed by atoms with Crippen molar-refractivity contribution in [2.45, 2.75) is 32.7 Å². The molecule has 0 amide bonds. The van der Waals surface area contributed by atoms with E-state index in [0.717, 1.165) is 23.0 Å². The van der Waals surface area contributed by atoms with E-state index in [0.29, 0.717) is 6.04 Å². The number of hydrogen-bond acceptors (Lipinski definition) is 2. The number of aromatic nitrogens is 1. The summed E-state index contributed by atoms with van der Waals surface area (Å²) in [6.07, 6.45) is 3.83. The van der Waals surface area contributed by atoms with Crippen LogP contribution in [0, 0.1) is 13.8 Å². The van der Waals surface area contributed by atoms with Crippen LogP contribution in [0.4, 0.5) is 0 Å². The van der Waals surface area contributed by atoms with Crippen LogP contribution in [0.2, 0.25) is 0 Å². The van der Waals surface area contributed by atoms with Crippen LogP contribution < -0.4 is 5.32 Å². The van der Waals surface area contributed by atoms with Crippen molar-refractivity contribution in [3.63, 3.8) is 0 Å². The molecule has 106 valence electrons. The zero-order valence-corrected chi connectivity index (χ0v) is 13.9. The molecule has 2 nitrogen and oxygen atoms in total. The van der Waals surface area contributed by atoms with E-state index in [-0.39, 0.29) is 0 Å². The molecule has 0 radical (unpaired) electrons. The van der Waals surface area contributed by atoms with Gasteiger partial charge in [-0.3, -0.25) is 4.98 Å². The zero-order chi connectivity index (χ0) is 14.5. The maximum absolute atomic E-state index is 4.46. The summed E-state index contributed by atoms with van der Waals surface area (Å²) in [4.78, 5) is 4.46. The second-order valence-corrected chi connectivity index (χ2v) is 6.21. The molecule has 0 spiro atoms. The first-order valence-corrected chi connectivity index (χ1v) is 7.71. The van der Waals surface area contributed by atoms with Gasteiger partial charge in [0.25, 0.3) is 0 Å². The average Bonchev–Trinajstić information content (AvgIpc) is 2.44. The fourth-order valence-corrected chi connectivity index (χ4v) is 2.58. The second kappa shape index (κ2) is 7.00. The van der Waals surface area contributed by atoms with Gasteiger partial charge in [-0.2, -0.15) is 0 Å². The average molecular weight is 333 g/mol. The Morgan fingerprint density at radius 3 is 2.60 bits per heavy atom. The standard InChI is InChI=1S/C17H21BrN2/c1-12-4-5-13(2)14(8-12)9-17(19-3)10-16-7-6-15(18)11-20-16/h4-8,11,17,19H,9-10H2,1-3H3. The highest BCUT2D eigenvalue weighted by atomic mass is 79.9. The summed E-state index contributed by atoms with van der Waals surface area (Å²) < 4.78 is 1.02. The van der Waals surface area contributed by atoms with E-state index in [2.05, 4.69) is 64.3 Å². The molecular formula is C17H21BrN2. The Hall–Kier alpha value is -1.19. The van der Waals surface area contributed by atoms with E-state index in [1.165, 1.54) is 16.7 Å². The van der Waals surface area contributed by atoms with Gasteiger partial charge in [0.2, 0.25) is 0 Å². The van der Waals surface area contributed by atoms with E-state index in [4.69, 9.17) is 0 Å². The molecule has 1 unspecified atom stereocenters. The van der Waals surface area contributed by atoms with E-state index in [1.807, 2.05) is 19.3 Å². The van der Waals surface area contributed by atoms with Gasteiger partial charge in [-0.1, -0.05) is 23.8 Å². The zero-order valence-electron chi connectivity index (χ0n) is 12.3. The molecular weight excluding hydrogens is 312 g/mol. The van der Waals surface area contributed by atoms with Crippen LogP contribution in [0.3, 0.4) is 0 Å². The number of aryl methyl sites for hydroxylation is 2. The first-order valence-electron chi connectivity index (χ1n) is 6.92. The van der Waals surface area contributed by atoms with Crippen molar-refractivity contribution in [3.05, 3.63) is 63.4 Å². The molecule has 0 saturated carbocycles. The molecule has 0 aliphatic carbocycles. The fraction of sp³-hybridized carbons (Fsp3) is 0.353. The number of likely N-dealkylation sites (N-methyl/N-ethyl adjacent to an activating group) is 1. The number of halogens is 1. The third-order valence-electron chi connectivity index (χ3n) is 3.62. The van der Waals surface area contributed by atoms with E-state index in [9.17, 15) is 0 Å². The molecule has 1 aromatic carbocycles. The van der Waals surface area contributed by atoms with Gasteiger partial charge in [-0.25, -0.2) is 0 Å². The first-order chi connectivity index (χ1) is 9.58. The maximum atomic E-state index is 4.46. The van der Waals surface area contributed by atoms with Crippen molar-refractivity contribution >= 4 is 15.9 Å². The van der Waals surface area contributed by atoms with Crippen molar-refractivity contribution in [2.75, 3.05) is 7.05 Å². The molecule has 0 aliphatic rings. The molecule has 0 aliphatic heterocycles. The number of rotatable bonds is 5. The van der Waals surface area contributed by atoms with Gasteiger partial charge in [-0.05, 0) is 66.5 Å². The van der Waals surface area contributed by atoms with Crippen LogP contribution in [-0.4, -0.2) is 18.1 Å². The van der Waals surface area contributed by atoms with Crippen molar-refractivity contribution in [1.82, 2.24) is 10.3 Å². The third kappa shape index (κ3) is 4.15. The second-order valence-electron chi connectivity index (χ2n) is 5.29. The molecule has 0 fully saturated rings. The molecule has 0 bridgehead atoms. The monoisotopic (exact) mass is 332 g/mol. The smallest absolute Gasteiger partial charge is 0.0420 e. The van der Waals surface area contributed by atoms with Crippen LogP contribution in [0.15, 0.2) is 41.0 Å². The van der Waals surface area contributed by atoms with Crippen LogP contribution in [0.1, 0.15) is 22.4 Å². The summed E-state index contributed by atoms with van der Waals surface area (Å²) in [5.41, 5.74) is 5.22. The minimum atomic E-state index is 0.407. The number of nitrogens with one attached hydrogen (secondary N) is 1. The summed E-state index contributed by atoms with van der Waals surface area (Å²) in [6, 6.07) is 11.2. The van der Waals surface area contributed by atoms with Crippen molar-refractivity contribution < 1.29 is 0 Å². The molecule has 20 heavy (non-hydrogen) atoms. The molecule has 1 N–H and O–H groups in total. The number of benzene rings is 1. The van der Waals surface area contributed by atoms with Crippen molar-refractivity contribution in [3.8, 4) is 0 Å². The molecule has 0 saturated heterocycles. The van der Waals surface area contributed by atoms with Crippen molar-refractivity contribution in [1.29, 1.82) is 0 Å². The highest BCUT2D eigenvalue weighted by Crippen LogP contribution is 2.15. The predicted molar refractivity (Wildman–Crippen MR) is 88.1 cm³/mol. The minimum Gasteiger partial charge on any atom is -0.316 e. The summed E-state index contributed by atoms with van der Waals surface area (Å²) in [5.74, 6) is 0. The Labute approximate surface area is 129 Å². The Kier molecular flexibility index (Phi) is 5.32. The lowest BCUT2D eigenvalue weighted by Gasteiger charge is -2.17. The molecule has 2 rings (SSSR count). The summed E-state index contributed by atoms with van der Waals surface area (Å²) >= 11 is 3.42. The molecule has 1 aromatic heterocycles. The lowest BCUT2D eigenvalue weighted by molar-refractivity contribution is 0.549. The Morgan fingerprint density at radius 1 is 1.15 bits per heavy atom. The Morgan fingerprint density at radius 2 is 1.95 bits per heavy atom. The lowest BCUT2D eigenvalue weighted by Crippen LogP contribution is -2.30. The number of pyridine rings is 1. The van der Waals surface area contributed by atoms with Crippen LogP contribution in [-0.2, 0) is 12.8 Å². The van der Waals surface area contributed by atoms with Gasteiger partial charge in [0.15, 0.2) is 0 Å². The first kappa shape index (κ1) is 15.2. The lowest BCUT2D eigenvalue weighted by atomic mass is 9.96. The Balaban J connectivity index is 2.08. The minimum absolute atomic E-state index is 0.407. The fourth-order valence-electron chi connectivity index (χ4n) is 2.34. The summed E-state index contributed by atoms with van der Waals surface area (Å²) in [7, 11) is 2.02. The highest BCUT2D eigenvalue weighted by molar-refractivity contribution is 9.10. The largest absolute Gasteiger partial charge is 0.316 e. The van der Waals surface area contributed by atoms with Crippen LogP contribution in [0.25, 0.3) is 0 Å². The van der Waals surface area contributed by atoms with Gasteiger partial charge < -0.3 is 5.32 Å². The quantitative estimate of drug-likeness (QED) is 0.899. The Bertz CT molecular complexity index is 564. The van der Waals surface area contributed by atoms with Gasteiger partial charge in [0.05, 0.1) is 0 Å². The normalized spacial score (nSPS) is 12.4. The predicted octanol–water partition coefficient (Wildman–Crippen LogP) is 3.83. The van der Waals surface area contributed by atoms with Gasteiger partial charge in [0, 0.05) is 28.8 Å². The summed E-state index contributed by atoms with van der Waals surface area (Å²) in [6.45, 7) is 4.33. The summed E-state index contributed by atoms with van der Waals surface area (Å²) in [5, 5.41) is 3.41. The highest BCUT2D eigenvalue weighted by Gasteiger charge is 2.11.